The molecule has 0 fully saturated rings. The molecule has 1 amide bonds. The summed E-state index contributed by atoms with van der Waals surface area (Å²) in [6, 6.07) is 21.1. The van der Waals surface area contributed by atoms with Crippen LogP contribution in [0.3, 0.4) is 0 Å². The molecule has 0 saturated heterocycles. The van der Waals surface area contributed by atoms with Crippen molar-refractivity contribution in [1.29, 1.82) is 5.41 Å². The van der Waals surface area contributed by atoms with Gasteiger partial charge in [0.25, 0.3) is 5.91 Å². The van der Waals surface area contributed by atoms with E-state index in [9.17, 15) is 4.79 Å². The van der Waals surface area contributed by atoms with E-state index >= 15 is 0 Å². The maximum atomic E-state index is 12.6. The molecule has 1 unspecified atom stereocenters. The topological polar surface area (TPSA) is 91.0 Å². The Balaban J connectivity index is 1.34. The third kappa shape index (κ3) is 4.33. The number of hydrogen-bond acceptors (Lipinski definition) is 6. The van der Waals surface area contributed by atoms with Crippen LogP contribution in [0, 0.1) is 5.41 Å². The monoisotopic (exact) mass is 453 g/mol. The first kappa shape index (κ1) is 20.8. The van der Waals surface area contributed by atoms with Gasteiger partial charge < -0.3 is 4.74 Å². The van der Waals surface area contributed by atoms with Crippen molar-refractivity contribution in [2.45, 2.75) is 13.0 Å². The standard InChI is InChI=1S/C25H19N5O2S/c1-16(18-6-3-2-4-7-18)32-20-11-9-17(10-12-20)14-21-22(26)30-25(28-23(21)31)33-24(29-30)19-8-5-13-27-15-19/h2-16,26H,1H3/b21-14-,26-22?. The van der Waals surface area contributed by atoms with Crippen molar-refractivity contribution in [2.24, 2.45) is 10.1 Å². The quantitative estimate of drug-likeness (QED) is 0.556. The van der Waals surface area contributed by atoms with Crippen LogP contribution in [0.1, 0.15) is 29.7 Å². The van der Waals surface area contributed by atoms with E-state index in [1.807, 2.05) is 73.7 Å². The highest BCUT2D eigenvalue weighted by atomic mass is 32.2. The van der Waals surface area contributed by atoms with Crippen molar-refractivity contribution < 1.29 is 9.53 Å². The van der Waals surface area contributed by atoms with Gasteiger partial charge in [0.05, 0.1) is 5.57 Å². The molecule has 7 nitrogen and oxygen atoms in total. The van der Waals surface area contributed by atoms with Crippen molar-refractivity contribution in [2.75, 3.05) is 0 Å². The summed E-state index contributed by atoms with van der Waals surface area (Å²) in [5.41, 5.74) is 2.85. The zero-order valence-corrected chi connectivity index (χ0v) is 18.5. The molecular weight excluding hydrogens is 434 g/mol. The molecular formula is C25H19N5O2S. The first-order valence-electron chi connectivity index (χ1n) is 10.3. The number of carbonyl (C=O) groups is 1. The second-order valence-corrected chi connectivity index (χ2v) is 8.36. The van der Waals surface area contributed by atoms with Gasteiger partial charge >= 0.3 is 0 Å². The molecule has 0 radical (unpaired) electrons. The Kier molecular flexibility index (Phi) is 5.58. The van der Waals surface area contributed by atoms with Gasteiger partial charge in [0.15, 0.2) is 5.84 Å². The van der Waals surface area contributed by atoms with Gasteiger partial charge in [-0.1, -0.05) is 42.5 Å². The molecule has 2 aliphatic heterocycles. The van der Waals surface area contributed by atoms with Crippen LogP contribution < -0.4 is 4.74 Å². The molecule has 1 N–H and O–H groups in total. The van der Waals surface area contributed by atoms with Crippen LogP contribution in [-0.4, -0.2) is 31.9 Å². The summed E-state index contributed by atoms with van der Waals surface area (Å²) < 4.78 is 6.01. The van der Waals surface area contributed by atoms with Crippen LogP contribution in [0.5, 0.6) is 5.75 Å². The fourth-order valence-corrected chi connectivity index (χ4v) is 4.28. The van der Waals surface area contributed by atoms with Gasteiger partial charge in [-0.05, 0) is 60.2 Å². The van der Waals surface area contributed by atoms with Crippen LogP contribution in [0.4, 0.5) is 0 Å². The summed E-state index contributed by atoms with van der Waals surface area (Å²) in [6.07, 6.45) is 4.93. The molecule has 0 spiro atoms. The number of pyridine rings is 1. The largest absolute Gasteiger partial charge is 0.486 e. The van der Waals surface area contributed by atoms with Gasteiger partial charge in [-0.15, -0.1) is 0 Å². The molecule has 0 bridgehead atoms. The van der Waals surface area contributed by atoms with Crippen LogP contribution in [0.25, 0.3) is 6.08 Å². The highest BCUT2D eigenvalue weighted by molar-refractivity contribution is 8.27. The number of aromatic nitrogens is 1. The molecule has 8 heteroatoms. The first-order valence-corrected chi connectivity index (χ1v) is 11.1. The van der Waals surface area contributed by atoms with Crippen LogP contribution >= 0.6 is 11.8 Å². The van der Waals surface area contributed by atoms with Crippen LogP contribution in [0.2, 0.25) is 0 Å². The molecule has 3 heterocycles. The average molecular weight is 454 g/mol. The zero-order valence-electron chi connectivity index (χ0n) is 17.7. The van der Waals surface area contributed by atoms with E-state index in [2.05, 4.69) is 15.1 Å². The van der Waals surface area contributed by atoms with Crippen LogP contribution in [-0.2, 0) is 4.79 Å². The highest BCUT2D eigenvalue weighted by Crippen LogP contribution is 2.31. The maximum absolute atomic E-state index is 12.6. The number of hydrogen-bond donors (Lipinski definition) is 1. The molecule has 33 heavy (non-hydrogen) atoms. The smallest absolute Gasteiger partial charge is 0.283 e. The number of amides is 1. The van der Waals surface area contributed by atoms with E-state index in [4.69, 9.17) is 10.1 Å². The average Bonchev–Trinajstić information content (AvgIpc) is 3.28. The lowest BCUT2D eigenvalue weighted by Crippen LogP contribution is -2.35. The number of rotatable bonds is 5. The van der Waals surface area contributed by atoms with Crippen LogP contribution in [0.15, 0.2) is 94.8 Å². The number of ether oxygens (including phenoxy) is 1. The third-order valence-electron chi connectivity index (χ3n) is 5.14. The Bertz CT molecular complexity index is 1300. The minimum Gasteiger partial charge on any atom is -0.486 e. The Hall–Kier alpha value is -4.04. The van der Waals surface area contributed by atoms with Gasteiger partial charge in [-0.3, -0.25) is 15.2 Å². The number of benzene rings is 2. The number of amidine groups is 2. The second kappa shape index (κ2) is 8.84. The lowest BCUT2D eigenvalue weighted by molar-refractivity contribution is -0.114. The Morgan fingerprint density at radius 1 is 1.06 bits per heavy atom. The minimum absolute atomic E-state index is 0.00517. The minimum atomic E-state index is -0.459. The van der Waals surface area contributed by atoms with Crippen molar-refractivity contribution in [3.8, 4) is 5.75 Å². The molecule has 162 valence electrons. The fourth-order valence-electron chi connectivity index (χ4n) is 3.40. The predicted molar refractivity (Wildman–Crippen MR) is 130 cm³/mol. The summed E-state index contributed by atoms with van der Waals surface area (Å²) >= 11 is 1.25. The fraction of sp³-hybridized carbons (Fsp3) is 0.0800. The Morgan fingerprint density at radius 2 is 1.85 bits per heavy atom. The van der Waals surface area contributed by atoms with E-state index < -0.39 is 5.91 Å². The SMILES string of the molecule is CC(Oc1ccc(/C=C2/C(=N)N3N=C(c4cccnc4)SC3=NC2=O)cc1)c1ccccc1. The molecule has 0 saturated carbocycles. The van der Waals surface area contributed by atoms with Gasteiger partial charge in [0, 0.05) is 18.0 Å². The predicted octanol–water partition coefficient (Wildman–Crippen LogP) is 4.89. The molecule has 5 rings (SSSR count). The summed E-state index contributed by atoms with van der Waals surface area (Å²) in [6.45, 7) is 2.00. The van der Waals surface area contributed by atoms with Crippen molar-refractivity contribution in [3.63, 3.8) is 0 Å². The molecule has 2 aromatic carbocycles. The lowest BCUT2D eigenvalue weighted by atomic mass is 10.1. The number of thioether (sulfide) groups is 1. The lowest BCUT2D eigenvalue weighted by Gasteiger charge is -2.20. The highest BCUT2D eigenvalue weighted by Gasteiger charge is 2.36. The summed E-state index contributed by atoms with van der Waals surface area (Å²) in [7, 11) is 0. The van der Waals surface area contributed by atoms with Gasteiger partial charge in [0.2, 0.25) is 5.17 Å². The van der Waals surface area contributed by atoms with E-state index in [1.54, 1.807) is 18.5 Å². The number of hydrazone groups is 1. The van der Waals surface area contributed by atoms with E-state index in [0.29, 0.717) is 10.2 Å². The zero-order chi connectivity index (χ0) is 22.8. The van der Waals surface area contributed by atoms with E-state index in [-0.39, 0.29) is 17.5 Å². The molecule has 0 aliphatic carbocycles. The van der Waals surface area contributed by atoms with Crippen molar-refractivity contribution in [3.05, 3.63) is 101 Å². The van der Waals surface area contributed by atoms with Crippen molar-refractivity contribution in [1.82, 2.24) is 9.99 Å². The van der Waals surface area contributed by atoms with Gasteiger partial charge in [0.1, 0.15) is 16.9 Å². The molecule has 3 aromatic rings. The number of nitrogens with zero attached hydrogens (tertiary/aromatic N) is 4. The summed E-state index contributed by atoms with van der Waals surface area (Å²) in [5.74, 6) is 0.259. The summed E-state index contributed by atoms with van der Waals surface area (Å²) in [4.78, 5) is 20.9. The number of aliphatic imine (C=N–C) groups is 1. The van der Waals surface area contributed by atoms with E-state index in [0.717, 1.165) is 22.4 Å². The van der Waals surface area contributed by atoms with E-state index in [1.165, 1.54) is 16.8 Å². The molecule has 1 atom stereocenters. The van der Waals surface area contributed by atoms with Gasteiger partial charge in [-0.2, -0.15) is 15.1 Å². The number of fused-ring (bicyclic) bond motifs is 1. The molecule has 2 aliphatic rings. The maximum Gasteiger partial charge on any atom is 0.283 e. The van der Waals surface area contributed by atoms with Gasteiger partial charge in [-0.25, -0.2) is 0 Å². The Labute approximate surface area is 195 Å². The summed E-state index contributed by atoms with van der Waals surface area (Å²) in [5, 5.41) is 15.4. The van der Waals surface area contributed by atoms with Crippen molar-refractivity contribution >= 4 is 39.8 Å². The Morgan fingerprint density at radius 3 is 2.58 bits per heavy atom. The first-order chi connectivity index (χ1) is 16.1. The number of nitrogens with one attached hydrogen (secondary N) is 1. The molecule has 1 aromatic heterocycles. The normalized spacial score (nSPS) is 17.5. The third-order valence-corrected chi connectivity index (χ3v) is 6.09. The number of carbonyl (C=O) groups excluding carboxylic acids is 1. The second-order valence-electron chi connectivity index (χ2n) is 7.41.